The Morgan fingerprint density at radius 1 is 0.512 bits per heavy atom. The molecule has 2 nitrogen and oxygen atoms in total. The Kier molecular flexibility index (Phi) is 6.19. The van der Waals surface area contributed by atoms with E-state index in [0.29, 0.717) is 0 Å². The molecule has 1 aromatic heterocycles. The van der Waals surface area contributed by atoms with E-state index in [0.717, 1.165) is 41.1 Å². The molecule has 204 valence electrons. The molecule has 0 amide bonds. The van der Waals surface area contributed by atoms with Crippen LogP contribution in [0.2, 0.25) is 0 Å². The van der Waals surface area contributed by atoms with Gasteiger partial charge >= 0.3 is 0 Å². The van der Waals surface area contributed by atoms with Crippen molar-refractivity contribution in [2.45, 2.75) is 19.8 Å². The van der Waals surface area contributed by atoms with Gasteiger partial charge in [-0.3, -0.25) is 9.98 Å². The molecule has 0 radical (unpaired) electrons. The van der Waals surface area contributed by atoms with Crippen LogP contribution in [0.1, 0.15) is 25.5 Å². The normalized spacial score (nSPS) is 13.3. The molecule has 2 heterocycles. The summed E-state index contributed by atoms with van der Waals surface area (Å²) >= 11 is 0. The highest BCUT2D eigenvalue weighted by Gasteiger charge is 2.17. The summed E-state index contributed by atoms with van der Waals surface area (Å²) in [6.45, 7) is 2.05. The molecule has 1 aliphatic heterocycles. The molecule has 0 aliphatic carbocycles. The molecule has 0 spiro atoms. The monoisotopic (exact) mass is 550 g/mol. The lowest BCUT2D eigenvalue weighted by Crippen LogP contribution is -2.06. The van der Waals surface area contributed by atoms with Crippen LogP contribution < -0.4 is 0 Å². The zero-order valence-electron chi connectivity index (χ0n) is 24.1. The van der Waals surface area contributed by atoms with Crippen molar-refractivity contribution in [3.05, 3.63) is 151 Å². The standard InChI is InChI=1S/C41H30N2/c1-27-9-8-16-39(43-27)38-24-23-33(26-42-38)29-17-20-30(21-18-29)40-34-12-4-6-14-36(34)41(37-15-7-5-13-35(37)40)32-22-19-28-10-2-3-11-31(28)25-32/h2-7,9-15,17-26H,8,16H2,1H3. The van der Waals surface area contributed by atoms with Gasteiger partial charge in [0.05, 0.1) is 11.4 Å². The van der Waals surface area contributed by atoms with E-state index in [-0.39, 0.29) is 0 Å². The molecule has 0 saturated carbocycles. The number of allylic oxidation sites excluding steroid dienone is 2. The molecule has 1 aliphatic rings. The smallest absolute Gasteiger partial charge is 0.0845 e. The number of fused-ring (bicyclic) bond motifs is 3. The number of benzene rings is 6. The fraction of sp³-hybridized carbons (Fsp3) is 0.0732. The Morgan fingerprint density at radius 2 is 1.07 bits per heavy atom. The molecular formula is C41H30N2. The second-order valence-electron chi connectivity index (χ2n) is 11.4. The maximum Gasteiger partial charge on any atom is 0.0845 e. The van der Waals surface area contributed by atoms with Gasteiger partial charge in [-0.2, -0.15) is 0 Å². The average molecular weight is 551 g/mol. The van der Waals surface area contributed by atoms with E-state index in [2.05, 4.69) is 140 Å². The topological polar surface area (TPSA) is 25.2 Å². The summed E-state index contributed by atoms with van der Waals surface area (Å²) in [6, 6.07) is 46.3. The van der Waals surface area contributed by atoms with Gasteiger partial charge in [-0.15, -0.1) is 0 Å². The molecule has 6 aromatic carbocycles. The van der Waals surface area contributed by atoms with Gasteiger partial charge < -0.3 is 0 Å². The van der Waals surface area contributed by atoms with Crippen molar-refractivity contribution in [1.82, 2.24) is 4.98 Å². The number of aliphatic imine (C=N–C) groups is 1. The Bertz CT molecular complexity index is 2160. The predicted molar refractivity (Wildman–Crippen MR) is 183 cm³/mol. The van der Waals surface area contributed by atoms with Crippen LogP contribution in [0.15, 0.2) is 150 Å². The van der Waals surface area contributed by atoms with Crippen LogP contribution in [-0.4, -0.2) is 10.7 Å². The minimum atomic E-state index is 0.944. The highest BCUT2D eigenvalue weighted by Crippen LogP contribution is 2.44. The van der Waals surface area contributed by atoms with E-state index in [4.69, 9.17) is 9.98 Å². The van der Waals surface area contributed by atoms with Crippen molar-refractivity contribution in [2.24, 2.45) is 4.99 Å². The van der Waals surface area contributed by atoms with E-state index in [9.17, 15) is 0 Å². The number of rotatable bonds is 4. The Morgan fingerprint density at radius 3 is 1.70 bits per heavy atom. The number of nitrogens with zero attached hydrogens (tertiary/aromatic N) is 2. The molecule has 0 fully saturated rings. The number of pyridine rings is 1. The molecule has 0 unspecified atom stereocenters. The molecule has 43 heavy (non-hydrogen) atoms. The highest BCUT2D eigenvalue weighted by atomic mass is 14.8. The number of hydrogen-bond donors (Lipinski definition) is 0. The van der Waals surface area contributed by atoms with E-state index >= 15 is 0 Å². The first kappa shape index (κ1) is 25.4. The van der Waals surface area contributed by atoms with Crippen LogP contribution >= 0.6 is 0 Å². The van der Waals surface area contributed by atoms with E-state index in [1.807, 2.05) is 6.20 Å². The summed E-state index contributed by atoms with van der Waals surface area (Å²) in [7, 11) is 0. The van der Waals surface area contributed by atoms with Gasteiger partial charge in [-0.1, -0.05) is 121 Å². The zero-order valence-corrected chi connectivity index (χ0v) is 24.1. The van der Waals surface area contributed by atoms with Crippen LogP contribution in [0.25, 0.3) is 65.7 Å². The summed E-state index contributed by atoms with van der Waals surface area (Å²) in [5, 5.41) is 7.59. The van der Waals surface area contributed by atoms with Gasteiger partial charge in [0.1, 0.15) is 0 Å². The van der Waals surface area contributed by atoms with Gasteiger partial charge in [-0.25, -0.2) is 0 Å². The average Bonchev–Trinajstić information content (AvgIpc) is 3.07. The summed E-state index contributed by atoms with van der Waals surface area (Å²) in [6.07, 6.45) is 6.13. The highest BCUT2D eigenvalue weighted by molar-refractivity contribution is 6.21. The fourth-order valence-electron chi connectivity index (χ4n) is 6.58. The third-order valence-electron chi connectivity index (χ3n) is 8.67. The van der Waals surface area contributed by atoms with Crippen molar-refractivity contribution in [3.63, 3.8) is 0 Å². The van der Waals surface area contributed by atoms with Gasteiger partial charge in [0, 0.05) is 17.5 Å². The first-order valence-corrected chi connectivity index (χ1v) is 15.0. The van der Waals surface area contributed by atoms with Crippen molar-refractivity contribution < 1.29 is 0 Å². The minimum Gasteiger partial charge on any atom is -0.256 e. The quantitative estimate of drug-likeness (QED) is 0.200. The second-order valence-corrected chi connectivity index (χ2v) is 11.4. The maximum atomic E-state index is 4.78. The summed E-state index contributed by atoms with van der Waals surface area (Å²) in [5.41, 5.74) is 10.4. The first-order valence-electron chi connectivity index (χ1n) is 15.0. The van der Waals surface area contributed by atoms with Crippen LogP contribution in [0.3, 0.4) is 0 Å². The largest absolute Gasteiger partial charge is 0.256 e. The maximum absolute atomic E-state index is 4.78. The van der Waals surface area contributed by atoms with E-state index in [1.165, 1.54) is 54.6 Å². The molecule has 0 saturated heterocycles. The fourth-order valence-corrected chi connectivity index (χ4v) is 6.58. The third kappa shape index (κ3) is 4.52. The van der Waals surface area contributed by atoms with Crippen LogP contribution in [0.5, 0.6) is 0 Å². The molecule has 0 bridgehead atoms. The van der Waals surface area contributed by atoms with Crippen molar-refractivity contribution >= 4 is 38.0 Å². The molecule has 0 atom stereocenters. The van der Waals surface area contributed by atoms with Gasteiger partial charge in [0.25, 0.3) is 0 Å². The van der Waals surface area contributed by atoms with Gasteiger partial charge in [0.2, 0.25) is 0 Å². The summed E-state index contributed by atoms with van der Waals surface area (Å²) < 4.78 is 0. The SMILES string of the molecule is CC1=CCCC(c2ccc(-c3ccc(-c4c5ccccc5c(-c5ccc6ccccc6c5)c5ccccc45)cc3)cn2)=N1. The van der Waals surface area contributed by atoms with Gasteiger partial charge in [-0.05, 0) is 92.0 Å². The number of hydrogen-bond acceptors (Lipinski definition) is 2. The second kappa shape index (κ2) is 10.5. The Hall–Kier alpha value is -5.34. The van der Waals surface area contributed by atoms with Crippen LogP contribution in [0.4, 0.5) is 0 Å². The van der Waals surface area contributed by atoms with E-state index in [1.54, 1.807) is 0 Å². The summed E-state index contributed by atoms with van der Waals surface area (Å²) in [4.78, 5) is 9.48. The molecular weight excluding hydrogens is 520 g/mol. The molecule has 0 N–H and O–H groups in total. The van der Waals surface area contributed by atoms with Crippen molar-refractivity contribution in [3.8, 4) is 33.4 Å². The lowest BCUT2D eigenvalue weighted by atomic mass is 9.85. The molecule has 7 aromatic rings. The summed E-state index contributed by atoms with van der Waals surface area (Å²) in [5.74, 6) is 0. The van der Waals surface area contributed by atoms with Crippen LogP contribution in [0, 0.1) is 0 Å². The lowest BCUT2D eigenvalue weighted by Gasteiger charge is -2.18. The third-order valence-corrected chi connectivity index (χ3v) is 8.67. The lowest BCUT2D eigenvalue weighted by molar-refractivity contribution is 1.01. The van der Waals surface area contributed by atoms with Crippen molar-refractivity contribution in [1.29, 1.82) is 0 Å². The zero-order chi connectivity index (χ0) is 28.8. The van der Waals surface area contributed by atoms with Crippen LogP contribution in [-0.2, 0) is 0 Å². The van der Waals surface area contributed by atoms with Gasteiger partial charge in [0.15, 0.2) is 0 Å². The molecule has 2 heteroatoms. The molecule has 8 rings (SSSR count). The Labute approximate surface area is 251 Å². The minimum absolute atomic E-state index is 0.944. The first-order chi connectivity index (χ1) is 21.2. The van der Waals surface area contributed by atoms with Crippen molar-refractivity contribution in [2.75, 3.05) is 0 Å². The number of aromatic nitrogens is 1. The van der Waals surface area contributed by atoms with E-state index < -0.39 is 0 Å². The Balaban J connectivity index is 1.24. The predicted octanol–water partition coefficient (Wildman–Crippen LogP) is 11.0.